The molecule has 0 atom stereocenters. The number of rotatable bonds is 4. The molecular formula is C17H24N6O2. The number of furan rings is 1. The molecular weight excluding hydrogens is 320 g/mol. The number of hydrogen-bond acceptors (Lipinski definition) is 4. The first-order valence-corrected chi connectivity index (χ1v) is 8.45. The normalized spacial score (nSPS) is 15.5. The van der Waals surface area contributed by atoms with Crippen molar-refractivity contribution in [2.45, 2.75) is 13.5 Å². The largest absolute Gasteiger partial charge is 0.459 e. The summed E-state index contributed by atoms with van der Waals surface area (Å²) in [7, 11) is 1.78. The van der Waals surface area contributed by atoms with E-state index in [0.29, 0.717) is 18.8 Å². The third kappa shape index (κ3) is 4.01. The zero-order chi connectivity index (χ0) is 17.6. The van der Waals surface area contributed by atoms with Crippen LogP contribution in [0, 0.1) is 6.92 Å². The molecule has 0 radical (unpaired) electrons. The van der Waals surface area contributed by atoms with Crippen LogP contribution in [0.1, 0.15) is 16.4 Å². The number of aryl methyl sites for hydroxylation is 1. The Hall–Kier alpha value is -2.77. The van der Waals surface area contributed by atoms with Gasteiger partial charge in [0, 0.05) is 58.7 Å². The van der Waals surface area contributed by atoms with Crippen molar-refractivity contribution in [3.63, 3.8) is 0 Å². The van der Waals surface area contributed by atoms with Gasteiger partial charge in [-0.1, -0.05) is 0 Å². The van der Waals surface area contributed by atoms with Gasteiger partial charge in [-0.3, -0.25) is 9.79 Å². The number of carbonyl (C=O) groups is 1. The van der Waals surface area contributed by atoms with Gasteiger partial charge in [-0.25, -0.2) is 4.98 Å². The number of amides is 1. The first-order valence-electron chi connectivity index (χ1n) is 8.45. The summed E-state index contributed by atoms with van der Waals surface area (Å²) >= 11 is 0. The highest BCUT2D eigenvalue weighted by molar-refractivity contribution is 5.91. The fraction of sp³-hybridized carbons (Fsp3) is 0.471. The highest BCUT2D eigenvalue weighted by atomic mass is 16.3. The SMILES string of the molecule is CN=C(NCCn1ccnc1C)N1CCN(C(=O)c2ccco2)CC1. The van der Waals surface area contributed by atoms with E-state index >= 15 is 0 Å². The van der Waals surface area contributed by atoms with Crippen LogP contribution >= 0.6 is 0 Å². The number of aliphatic imine (C=N–C) groups is 1. The number of carbonyl (C=O) groups excluding carboxylic acids is 1. The molecule has 3 rings (SSSR count). The molecule has 0 bridgehead atoms. The minimum absolute atomic E-state index is 0.0526. The number of imidazole rings is 1. The Bertz CT molecular complexity index is 713. The molecule has 0 aromatic carbocycles. The van der Waals surface area contributed by atoms with Gasteiger partial charge in [-0.05, 0) is 19.1 Å². The fourth-order valence-corrected chi connectivity index (χ4v) is 2.94. The van der Waals surface area contributed by atoms with E-state index in [0.717, 1.165) is 38.0 Å². The van der Waals surface area contributed by atoms with Gasteiger partial charge >= 0.3 is 0 Å². The molecule has 134 valence electrons. The lowest BCUT2D eigenvalue weighted by Gasteiger charge is -2.36. The van der Waals surface area contributed by atoms with Crippen molar-refractivity contribution in [3.05, 3.63) is 42.4 Å². The van der Waals surface area contributed by atoms with Crippen LogP contribution in [0.4, 0.5) is 0 Å². The van der Waals surface area contributed by atoms with Gasteiger partial charge < -0.3 is 24.1 Å². The summed E-state index contributed by atoms with van der Waals surface area (Å²) < 4.78 is 7.29. The van der Waals surface area contributed by atoms with Gasteiger partial charge in [0.1, 0.15) is 5.82 Å². The molecule has 3 heterocycles. The summed E-state index contributed by atoms with van der Waals surface area (Å²) in [6.07, 6.45) is 5.30. The van der Waals surface area contributed by atoms with E-state index in [9.17, 15) is 4.79 Å². The first kappa shape index (κ1) is 17.1. The van der Waals surface area contributed by atoms with Crippen molar-refractivity contribution < 1.29 is 9.21 Å². The molecule has 0 spiro atoms. The Morgan fingerprint density at radius 2 is 2.08 bits per heavy atom. The molecule has 0 unspecified atom stereocenters. The fourth-order valence-electron chi connectivity index (χ4n) is 2.94. The van der Waals surface area contributed by atoms with Gasteiger partial charge in [0.25, 0.3) is 5.91 Å². The lowest BCUT2D eigenvalue weighted by Crippen LogP contribution is -2.54. The Kier molecular flexibility index (Phi) is 5.37. The number of piperazine rings is 1. The average molecular weight is 344 g/mol. The maximum Gasteiger partial charge on any atom is 0.289 e. The topological polar surface area (TPSA) is 78.9 Å². The lowest BCUT2D eigenvalue weighted by molar-refractivity contribution is 0.0657. The van der Waals surface area contributed by atoms with Gasteiger partial charge in [-0.2, -0.15) is 0 Å². The average Bonchev–Trinajstić information content (AvgIpc) is 3.31. The van der Waals surface area contributed by atoms with E-state index < -0.39 is 0 Å². The summed E-state index contributed by atoms with van der Waals surface area (Å²) in [5.74, 6) is 2.21. The van der Waals surface area contributed by atoms with E-state index in [2.05, 4.69) is 24.8 Å². The third-order valence-corrected chi connectivity index (χ3v) is 4.37. The molecule has 2 aromatic heterocycles. The van der Waals surface area contributed by atoms with Gasteiger partial charge in [0.05, 0.1) is 6.26 Å². The number of nitrogens with zero attached hydrogens (tertiary/aromatic N) is 5. The highest BCUT2D eigenvalue weighted by Gasteiger charge is 2.24. The van der Waals surface area contributed by atoms with E-state index in [1.54, 1.807) is 25.4 Å². The zero-order valence-corrected chi connectivity index (χ0v) is 14.7. The first-order chi connectivity index (χ1) is 12.2. The van der Waals surface area contributed by atoms with Crippen LogP contribution in [-0.4, -0.2) is 71.0 Å². The van der Waals surface area contributed by atoms with E-state index in [1.165, 1.54) is 6.26 Å². The van der Waals surface area contributed by atoms with Gasteiger partial charge in [0.2, 0.25) is 0 Å². The molecule has 1 aliphatic heterocycles. The standard InChI is InChI=1S/C17H24N6O2/c1-14-19-5-7-21(14)8-6-20-17(18-2)23-11-9-22(10-12-23)16(24)15-4-3-13-25-15/h3-5,7,13H,6,8-12H2,1-2H3,(H,18,20). The smallest absolute Gasteiger partial charge is 0.289 e. The van der Waals surface area contributed by atoms with Crippen molar-refractivity contribution in [2.75, 3.05) is 39.8 Å². The Morgan fingerprint density at radius 3 is 2.68 bits per heavy atom. The quantitative estimate of drug-likeness (QED) is 0.656. The van der Waals surface area contributed by atoms with Crippen molar-refractivity contribution >= 4 is 11.9 Å². The second kappa shape index (κ2) is 7.87. The number of hydrogen-bond donors (Lipinski definition) is 1. The van der Waals surface area contributed by atoms with Crippen molar-refractivity contribution in [2.24, 2.45) is 4.99 Å². The molecule has 1 amide bonds. The molecule has 8 nitrogen and oxygen atoms in total. The van der Waals surface area contributed by atoms with Crippen molar-refractivity contribution in [1.82, 2.24) is 24.7 Å². The maximum absolute atomic E-state index is 12.3. The lowest BCUT2D eigenvalue weighted by atomic mass is 10.3. The van der Waals surface area contributed by atoms with Crippen molar-refractivity contribution in [3.8, 4) is 0 Å². The molecule has 1 saturated heterocycles. The molecule has 1 N–H and O–H groups in total. The molecule has 2 aromatic rings. The predicted molar refractivity (Wildman–Crippen MR) is 94.5 cm³/mol. The number of guanidine groups is 1. The van der Waals surface area contributed by atoms with Gasteiger partial charge in [0.15, 0.2) is 11.7 Å². The Morgan fingerprint density at radius 1 is 1.32 bits per heavy atom. The van der Waals surface area contributed by atoms with Crippen LogP contribution < -0.4 is 5.32 Å². The summed E-state index contributed by atoms with van der Waals surface area (Å²) in [4.78, 5) is 24.9. The third-order valence-electron chi connectivity index (χ3n) is 4.37. The highest BCUT2D eigenvalue weighted by Crippen LogP contribution is 2.09. The Labute approximate surface area is 147 Å². The van der Waals surface area contributed by atoms with Crippen LogP contribution in [0.15, 0.2) is 40.2 Å². The molecule has 25 heavy (non-hydrogen) atoms. The van der Waals surface area contributed by atoms with Crippen LogP contribution in [0.25, 0.3) is 0 Å². The zero-order valence-electron chi connectivity index (χ0n) is 14.7. The van der Waals surface area contributed by atoms with Crippen LogP contribution in [0.2, 0.25) is 0 Å². The van der Waals surface area contributed by atoms with Crippen LogP contribution in [-0.2, 0) is 6.54 Å². The minimum Gasteiger partial charge on any atom is -0.459 e. The summed E-state index contributed by atoms with van der Waals surface area (Å²) in [6.45, 7) is 6.40. The molecule has 0 aliphatic carbocycles. The monoisotopic (exact) mass is 344 g/mol. The maximum atomic E-state index is 12.3. The van der Waals surface area contributed by atoms with E-state index in [4.69, 9.17) is 4.42 Å². The Balaban J connectivity index is 1.47. The molecule has 0 saturated carbocycles. The summed E-state index contributed by atoms with van der Waals surface area (Å²) in [5.41, 5.74) is 0. The van der Waals surface area contributed by atoms with Gasteiger partial charge in [-0.15, -0.1) is 0 Å². The molecule has 1 fully saturated rings. The predicted octanol–water partition coefficient (Wildman–Crippen LogP) is 0.818. The van der Waals surface area contributed by atoms with E-state index in [1.807, 2.05) is 18.0 Å². The summed E-state index contributed by atoms with van der Waals surface area (Å²) in [5, 5.41) is 3.38. The summed E-state index contributed by atoms with van der Waals surface area (Å²) in [6, 6.07) is 3.44. The van der Waals surface area contributed by atoms with E-state index in [-0.39, 0.29) is 5.91 Å². The van der Waals surface area contributed by atoms with Crippen molar-refractivity contribution in [1.29, 1.82) is 0 Å². The second-order valence-electron chi connectivity index (χ2n) is 5.90. The number of aromatic nitrogens is 2. The minimum atomic E-state index is -0.0526. The second-order valence-corrected chi connectivity index (χ2v) is 5.90. The van der Waals surface area contributed by atoms with Crippen LogP contribution in [0.5, 0.6) is 0 Å². The molecule has 1 aliphatic rings. The molecule has 8 heteroatoms. The number of nitrogens with one attached hydrogen (secondary N) is 1. The van der Waals surface area contributed by atoms with Crippen LogP contribution in [0.3, 0.4) is 0 Å².